The number of nitrogens with one attached hydrogen (secondary N) is 2. The molecule has 0 bridgehead atoms. The summed E-state index contributed by atoms with van der Waals surface area (Å²) in [6.45, 7) is 1.28. The van der Waals surface area contributed by atoms with Crippen molar-refractivity contribution in [3.63, 3.8) is 0 Å². The molecule has 19 heavy (non-hydrogen) atoms. The quantitative estimate of drug-likeness (QED) is 0.883. The number of amides is 1. The average Bonchev–Trinajstić information content (AvgIpc) is 3.07. The number of anilines is 1. The summed E-state index contributed by atoms with van der Waals surface area (Å²) in [5.41, 5.74) is 2.38. The van der Waals surface area contributed by atoms with Crippen LogP contribution in [0.2, 0.25) is 0 Å². The zero-order valence-electron chi connectivity index (χ0n) is 10.6. The molecule has 98 valence electrons. The van der Waals surface area contributed by atoms with E-state index < -0.39 is 0 Å². The first kappa shape index (κ1) is 11.8. The van der Waals surface area contributed by atoms with Gasteiger partial charge in [-0.05, 0) is 23.8 Å². The lowest BCUT2D eigenvalue weighted by molar-refractivity contribution is -0.121. The number of rotatable bonds is 4. The molecule has 1 aromatic heterocycles. The molecule has 1 amide bonds. The molecule has 3 rings (SSSR count). The van der Waals surface area contributed by atoms with E-state index in [0.29, 0.717) is 13.0 Å². The summed E-state index contributed by atoms with van der Waals surface area (Å²) in [5.74, 6) is 1.09. The Morgan fingerprint density at radius 2 is 2.21 bits per heavy atom. The third-order valence-corrected chi connectivity index (χ3v) is 3.41. The molecule has 0 aliphatic carbocycles. The third-order valence-electron chi connectivity index (χ3n) is 3.41. The summed E-state index contributed by atoms with van der Waals surface area (Å²) in [5, 5.41) is 6.21. The normalized spacial score (nSPS) is 16.7. The van der Waals surface area contributed by atoms with Gasteiger partial charge in [0.25, 0.3) is 0 Å². The van der Waals surface area contributed by atoms with Crippen LogP contribution in [0, 0.1) is 0 Å². The fraction of sp³-hybridized carbons (Fsp3) is 0.267. The maximum atomic E-state index is 11.9. The van der Waals surface area contributed by atoms with Crippen molar-refractivity contribution in [2.24, 2.45) is 0 Å². The number of carbonyl (C=O) groups excluding carboxylic acids is 1. The van der Waals surface area contributed by atoms with Gasteiger partial charge in [0.1, 0.15) is 5.76 Å². The minimum Gasteiger partial charge on any atom is -0.467 e. The van der Waals surface area contributed by atoms with Crippen molar-refractivity contribution in [2.75, 3.05) is 11.9 Å². The Balaban J connectivity index is 1.56. The number of hydrogen-bond acceptors (Lipinski definition) is 3. The first-order valence-corrected chi connectivity index (χ1v) is 6.45. The van der Waals surface area contributed by atoms with E-state index in [1.807, 2.05) is 24.3 Å². The maximum absolute atomic E-state index is 11.9. The van der Waals surface area contributed by atoms with Gasteiger partial charge in [0.15, 0.2) is 0 Å². The van der Waals surface area contributed by atoms with Crippen molar-refractivity contribution in [1.29, 1.82) is 0 Å². The van der Waals surface area contributed by atoms with Crippen LogP contribution in [0.15, 0.2) is 47.1 Å². The SMILES string of the molecule is O=C(CC1CNc2ccccc21)NCc1ccco1. The molecule has 2 heterocycles. The standard InChI is InChI=1S/C15H16N2O2/c18-15(17-10-12-4-3-7-19-12)8-11-9-16-14-6-2-1-5-13(11)14/h1-7,11,16H,8-10H2,(H,17,18). The van der Waals surface area contributed by atoms with Crippen LogP contribution in [-0.2, 0) is 11.3 Å². The highest BCUT2D eigenvalue weighted by atomic mass is 16.3. The molecular weight excluding hydrogens is 240 g/mol. The average molecular weight is 256 g/mol. The molecule has 1 aromatic carbocycles. The molecular formula is C15H16N2O2. The van der Waals surface area contributed by atoms with E-state index in [-0.39, 0.29) is 11.8 Å². The second-order valence-electron chi connectivity index (χ2n) is 4.73. The van der Waals surface area contributed by atoms with Crippen molar-refractivity contribution in [1.82, 2.24) is 5.32 Å². The van der Waals surface area contributed by atoms with Gasteiger partial charge in [0.05, 0.1) is 12.8 Å². The Morgan fingerprint density at radius 3 is 3.05 bits per heavy atom. The monoisotopic (exact) mass is 256 g/mol. The number of furan rings is 1. The van der Waals surface area contributed by atoms with E-state index in [4.69, 9.17) is 4.42 Å². The minimum absolute atomic E-state index is 0.0555. The molecule has 1 aliphatic heterocycles. The van der Waals surface area contributed by atoms with Crippen molar-refractivity contribution in [3.05, 3.63) is 54.0 Å². The van der Waals surface area contributed by atoms with Crippen LogP contribution >= 0.6 is 0 Å². The fourth-order valence-electron chi connectivity index (χ4n) is 2.43. The van der Waals surface area contributed by atoms with E-state index in [1.54, 1.807) is 6.26 Å². The van der Waals surface area contributed by atoms with Crippen molar-refractivity contribution >= 4 is 11.6 Å². The van der Waals surface area contributed by atoms with Gasteiger partial charge in [-0.3, -0.25) is 4.79 Å². The zero-order valence-corrected chi connectivity index (χ0v) is 10.6. The highest BCUT2D eigenvalue weighted by molar-refractivity contribution is 5.78. The molecule has 4 nitrogen and oxygen atoms in total. The molecule has 4 heteroatoms. The molecule has 1 atom stereocenters. The number of hydrogen-bond donors (Lipinski definition) is 2. The lowest BCUT2D eigenvalue weighted by atomic mass is 9.97. The third kappa shape index (κ3) is 2.62. The van der Waals surface area contributed by atoms with Gasteiger partial charge in [-0.1, -0.05) is 18.2 Å². The van der Waals surface area contributed by atoms with Crippen molar-refractivity contribution in [3.8, 4) is 0 Å². The van der Waals surface area contributed by atoms with Crippen LogP contribution in [0.3, 0.4) is 0 Å². The molecule has 1 unspecified atom stereocenters. The number of carbonyl (C=O) groups is 1. The number of benzene rings is 1. The lowest BCUT2D eigenvalue weighted by Gasteiger charge is -2.09. The smallest absolute Gasteiger partial charge is 0.221 e. The Hall–Kier alpha value is -2.23. The van der Waals surface area contributed by atoms with E-state index in [1.165, 1.54) is 5.56 Å². The predicted octanol–water partition coefficient (Wildman–Crippen LogP) is 2.50. The van der Waals surface area contributed by atoms with E-state index in [2.05, 4.69) is 22.8 Å². The number of para-hydroxylation sites is 1. The maximum Gasteiger partial charge on any atom is 0.221 e. The second kappa shape index (κ2) is 5.18. The van der Waals surface area contributed by atoms with Gasteiger partial charge < -0.3 is 15.1 Å². The van der Waals surface area contributed by atoms with Crippen LogP contribution in [0.1, 0.15) is 23.7 Å². The van der Waals surface area contributed by atoms with Crippen molar-refractivity contribution < 1.29 is 9.21 Å². The first-order valence-electron chi connectivity index (χ1n) is 6.45. The Kier molecular flexibility index (Phi) is 3.23. The molecule has 1 aliphatic rings. The van der Waals surface area contributed by atoms with Gasteiger partial charge >= 0.3 is 0 Å². The van der Waals surface area contributed by atoms with E-state index in [9.17, 15) is 4.79 Å². The molecule has 2 aromatic rings. The van der Waals surface area contributed by atoms with Gasteiger partial charge in [-0.15, -0.1) is 0 Å². The van der Waals surface area contributed by atoms with Gasteiger partial charge in [-0.25, -0.2) is 0 Å². The topological polar surface area (TPSA) is 54.3 Å². The summed E-state index contributed by atoms with van der Waals surface area (Å²) < 4.78 is 5.18. The molecule has 0 saturated carbocycles. The van der Waals surface area contributed by atoms with Crippen LogP contribution < -0.4 is 10.6 Å². The van der Waals surface area contributed by atoms with Crippen molar-refractivity contribution in [2.45, 2.75) is 18.9 Å². The van der Waals surface area contributed by atoms with Gasteiger partial charge in [0.2, 0.25) is 5.91 Å². The highest BCUT2D eigenvalue weighted by Gasteiger charge is 2.23. The summed E-state index contributed by atoms with van der Waals surface area (Å²) in [7, 11) is 0. The Morgan fingerprint density at radius 1 is 1.32 bits per heavy atom. The van der Waals surface area contributed by atoms with Crippen LogP contribution in [0.4, 0.5) is 5.69 Å². The highest BCUT2D eigenvalue weighted by Crippen LogP contribution is 2.32. The fourth-order valence-corrected chi connectivity index (χ4v) is 2.43. The van der Waals surface area contributed by atoms with Crippen LogP contribution in [-0.4, -0.2) is 12.5 Å². The largest absolute Gasteiger partial charge is 0.467 e. The van der Waals surface area contributed by atoms with E-state index in [0.717, 1.165) is 18.0 Å². The summed E-state index contributed by atoms with van der Waals surface area (Å²) in [6.07, 6.45) is 2.11. The van der Waals surface area contributed by atoms with Gasteiger partial charge in [0, 0.05) is 24.6 Å². The zero-order chi connectivity index (χ0) is 13.1. The molecule has 0 spiro atoms. The van der Waals surface area contributed by atoms with E-state index >= 15 is 0 Å². The predicted molar refractivity (Wildman–Crippen MR) is 72.8 cm³/mol. The number of fused-ring (bicyclic) bond motifs is 1. The Bertz CT molecular complexity index is 563. The first-order chi connectivity index (χ1) is 9.33. The van der Waals surface area contributed by atoms with Crippen LogP contribution in [0.5, 0.6) is 0 Å². The van der Waals surface area contributed by atoms with Gasteiger partial charge in [-0.2, -0.15) is 0 Å². The lowest BCUT2D eigenvalue weighted by Crippen LogP contribution is -2.24. The Labute approximate surface area is 111 Å². The summed E-state index contributed by atoms with van der Waals surface area (Å²) in [6, 6.07) is 11.8. The molecule has 2 N–H and O–H groups in total. The minimum atomic E-state index is 0.0555. The second-order valence-corrected chi connectivity index (χ2v) is 4.73. The van der Waals surface area contributed by atoms with Crippen LogP contribution in [0.25, 0.3) is 0 Å². The molecule has 0 fully saturated rings. The summed E-state index contributed by atoms with van der Waals surface area (Å²) >= 11 is 0. The molecule has 0 saturated heterocycles. The summed E-state index contributed by atoms with van der Waals surface area (Å²) in [4.78, 5) is 11.9. The molecule has 0 radical (unpaired) electrons.